The highest BCUT2D eigenvalue weighted by Crippen LogP contribution is 2.18. The number of methoxy groups -OCH3 is 1. The molecule has 0 spiro atoms. The van der Waals surface area contributed by atoms with E-state index < -0.39 is 5.97 Å². The third-order valence-corrected chi connectivity index (χ3v) is 2.57. The average Bonchev–Trinajstić information content (AvgIpc) is 2.65. The molecule has 1 aromatic heterocycles. The van der Waals surface area contributed by atoms with Crippen LogP contribution in [-0.2, 0) is 4.74 Å². The molecule has 0 saturated carbocycles. The number of thiophene rings is 1. The molecule has 1 rings (SSSR count). The maximum absolute atomic E-state index is 11.5. The summed E-state index contributed by atoms with van der Waals surface area (Å²) in [4.78, 5) is 23.1. The summed E-state index contributed by atoms with van der Waals surface area (Å²) in [7, 11) is 2.98. The van der Waals surface area contributed by atoms with Gasteiger partial charge in [0.15, 0.2) is 5.78 Å². The molecule has 14 heavy (non-hydrogen) atoms. The fourth-order valence-electron chi connectivity index (χ4n) is 1.04. The Morgan fingerprint density at radius 3 is 2.86 bits per heavy atom. The minimum absolute atomic E-state index is 0.103. The molecule has 0 aliphatic carbocycles. The van der Waals surface area contributed by atoms with Crippen molar-refractivity contribution in [3.8, 4) is 0 Å². The van der Waals surface area contributed by atoms with E-state index in [1.165, 1.54) is 18.4 Å². The van der Waals surface area contributed by atoms with Crippen molar-refractivity contribution in [3.05, 3.63) is 21.9 Å². The zero-order valence-electron chi connectivity index (χ0n) is 7.99. The summed E-state index contributed by atoms with van der Waals surface area (Å²) in [5, 5.41) is 4.45. The second-order valence-corrected chi connectivity index (χ2v) is 3.52. The molecule has 0 bridgehead atoms. The van der Waals surface area contributed by atoms with Gasteiger partial charge in [0.05, 0.1) is 13.7 Å². The summed E-state index contributed by atoms with van der Waals surface area (Å²) in [6, 6.07) is 1.64. The molecule has 0 aliphatic rings. The van der Waals surface area contributed by atoms with Gasteiger partial charge >= 0.3 is 5.97 Å². The molecule has 1 aromatic rings. The van der Waals surface area contributed by atoms with E-state index in [0.29, 0.717) is 10.4 Å². The molecule has 1 N–H and O–H groups in total. The number of carbonyl (C=O) groups excluding carboxylic acids is 2. The first-order chi connectivity index (χ1) is 6.70. The zero-order chi connectivity index (χ0) is 10.6. The van der Waals surface area contributed by atoms with Crippen molar-refractivity contribution in [2.24, 2.45) is 0 Å². The highest BCUT2D eigenvalue weighted by Gasteiger charge is 2.18. The van der Waals surface area contributed by atoms with Crippen molar-refractivity contribution in [2.75, 3.05) is 20.7 Å². The molecular formula is C9H11NO3S. The van der Waals surface area contributed by atoms with E-state index in [4.69, 9.17) is 0 Å². The number of esters is 1. The quantitative estimate of drug-likeness (QED) is 0.597. The minimum atomic E-state index is -0.459. The summed E-state index contributed by atoms with van der Waals surface area (Å²) < 4.78 is 4.56. The predicted molar refractivity (Wildman–Crippen MR) is 53.9 cm³/mol. The van der Waals surface area contributed by atoms with Crippen LogP contribution in [0.15, 0.2) is 11.4 Å². The van der Waals surface area contributed by atoms with Gasteiger partial charge in [-0.3, -0.25) is 4.79 Å². The summed E-state index contributed by atoms with van der Waals surface area (Å²) in [5.41, 5.74) is 0.427. The number of ether oxygens (including phenoxy) is 1. The minimum Gasteiger partial charge on any atom is -0.465 e. The monoisotopic (exact) mass is 213 g/mol. The van der Waals surface area contributed by atoms with Crippen molar-refractivity contribution in [2.45, 2.75) is 0 Å². The number of likely N-dealkylation sites (N-methyl/N-ethyl adjacent to an activating group) is 1. The summed E-state index contributed by atoms with van der Waals surface area (Å²) >= 11 is 1.21. The molecular weight excluding hydrogens is 202 g/mol. The smallest absolute Gasteiger partial charge is 0.348 e. The largest absolute Gasteiger partial charge is 0.465 e. The molecule has 0 aromatic carbocycles. The first-order valence-electron chi connectivity index (χ1n) is 4.04. The lowest BCUT2D eigenvalue weighted by Gasteiger charge is -2.00. The van der Waals surface area contributed by atoms with E-state index in [1.54, 1.807) is 18.5 Å². The lowest BCUT2D eigenvalue weighted by molar-refractivity contribution is 0.0603. The van der Waals surface area contributed by atoms with Gasteiger partial charge in [-0.25, -0.2) is 4.79 Å². The lowest BCUT2D eigenvalue weighted by atomic mass is 10.1. The van der Waals surface area contributed by atoms with Crippen LogP contribution in [0.25, 0.3) is 0 Å². The van der Waals surface area contributed by atoms with E-state index in [-0.39, 0.29) is 12.3 Å². The fourth-order valence-corrected chi connectivity index (χ4v) is 1.86. The molecule has 0 amide bonds. The van der Waals surface area contributed by atoms with Crippen LogP contribution in [0.2, 0.25) is 0 Å². The normalized spacial score (nSPS) is 9.86. The highest BCUT2D eigenvalue weighted by molar-refractivity contribution is 7.12. The van der Waals surface area contributed by atoms with Crippen LogP contribution in [0.1, 0.15) is 20.0 Å². The van der Waals surface area contributed by atoms with Gasteiger partial charge in [-0.1, -0.05) is 0 Å². The van der Waals surface area contributed by atoms with Crippen LogP contribution in [0.4, 0.5) is 0 Å². The number of rotatable bonds is 4. The van der Waals surface area contributed by atoms with Crippen molar-refractivity contribution in [3.63, 3.8) is 0 Å². The van der Waals surface area contributed by atoms with Gasteiger partial charge in [-0.2, -0.15) is 0 Å². The predicted octanol–water partition coefficient (Wildman–Crippen LogP) is 0.937. The van der Waals surface area contributed by atoms with Crippen molar-refractivity contribution < 1.29 is 14.3 Å². The van der Waals surface area contributed by atoms with Gasteiger partial charge in [0.1, 0.15) is 4.88 Å². The molecule has 0 aliphatic heterocycles. The molecule has 0 unspecified atom stereocenters. The van der Waals surface area contributed by atoms with E-state index in [0.717, 1.165) is 0 Å². The lowest BCUT2D eigenvalue weighted by Crippen LogP contribution is -2.20. The number of Topliss-reactive ketones (excluding diaryl/α,β-unsaturated/α-hetero) is 1. The molecule has 0 fully saturated rings. The number of ketones is 1. The second kappa shape index (κ2) is 4.88. The van der Waals surface area contributed by atoms with E-state index >= 15 is 0 Å². The summed E-state index contributed by atoms with van der Waals surface area (Å²) in [6.07, 6.45) is 0. The summed E-state index contributed by atoms with van der Waals surface area (Å²) in [5.74, 6) is -0.561. The molecule has 76 valence electrons. The molecule has 0 atom stereocenters. The van der Waals surface area contributed by atoms with Crippen LogP contribution >= 0.6 is 11.3 Å². The van der Waals surface area contributed by atoms with Gasteiger partial charge in [0.2, 0.25) is 0 Å². The van der Waals surface area contributed by atoms with Crippen LogP contribution in [0, 0.1) is 0 Å². The van der Waals surface area contributed by atoms with E-state index in [2.05, 4.69) is 10.1 Å². The number of hydrogen-bond acceptors (Lipinski definition) is 5. The summed E-state index contributed by atoms with van der Waals surface area (Å²) in [6.45, 7) is 0.223. The molecule has 0 radical (unpaired) electrons. The molecule has 1 heterocycles. The Kier molecular flexibility index (Phi) is 3.79. The van der Waals surface area contributed by atoms with Crippen molar-refractivity contribution in [1.29, 1.82) is 0 Å². The highest BCUT2D eigenvalue weighted by atomic mass is 32.1. The SMILES string of the molecule is CNCC(=O)c1ccsc1C(=O)OC. The molecule has 5 heteroatoms. The fraction of sp³-hybridized carbons (Fsp3) is 0.333. The number of hydrogen-bond donors (Lipinski definition) is 1. The Labute approximate surface area is 85.9 Å². The second-order valence-electron chi connectivity index (χ2n) is 2.61. The Morgan fingerprint density at radius 1 is 1.57 bits per heavy atom. The van der Waals surface area contributed by atoms with Gasteiger partial charge in [0.25, 0.3) is 0 Å². The number of carbonyl (C=O) groups is 2. The van der Waals surface area contributed by atoms with Gasteiger partial charge < -0.3 is 10.1 Å². The van der Waals surface area contributed by atoms with Crippen molar-refractivity contribution in [1.82, 2.24) is 5.32 Å². The Morgan fingerprint density at radius 2 is 2.29 bits per heavy atom. The van der Waals surface area contributed by atoms with Gasteiger partial charge in [-0.05, 0) is 18.5 Å². The zero-order valence-corrected chi connectivity index (χ0v) is 8.81. The maximum Gasteiger partial charge on any atom is 0.348 e. The van der Waals surface area contributed by atoms with Gasteiger partial charge in [-0.15, -0.1) is 11.3 Å². The average molecular weight is 213 g/mol. The third kappa shape index (κ3) is 2.18. The topological polar surface area (TPSA) is 55.4 Å². The standard InChI is InChI=1S/C9H11NO3S/c1-10-5-7(11)6-3-4-14-8(6)9(12)13-2/h3-4,10H,5H2,1-2H3. The molecule has 0 saturated heterocycles. The molecule has 4 nitrogen and oxygen atoms in total. The van der Waals surface area contributed by atoms with Crippen LogP contribution in [0.5, 0.6) is 0 Å². The first kappa shape index (κ1) is 10.9. The Hall–Kier alpha value is -1.20. The number of nitrogens with one attached hydrogen (secondary N) is 1. The van der Waals surface area contributed by atoms with E-state index in [9.17, 15) is 9.59 Å². The first-order valence-corrected chi connectivity index (χ1v) is 4.92. The Bertz CT molecular complexity index is 346. The van der Waals surface area contributed by atoms with E-state index in [1.807, 2.05) is 0 Å². The van der Waals surface area contributed by atoms with Crippen molar-refractivity contribution >= 4 is 23.1 Å². The third-order valence-electron chi connectivity index (χ3n) is 1.67. The maximum atomic E-state index is 11.5. The van der Waals surface area contributed by atoms with Crippen LogP contribution in [0.3, 0.4) is 0 Å². The van der Waals surface area contributed by atoms with Gasteiger partial charge in [0, 0.05) is 5.56 Å². The van der Waals surface area contributed by atoms with Crippen LogP contribution < -0.4 is 5.32 Å². The Balaban J connectivity index is 2.92. The van der Waals surface area contributed by atoms with Crippen LogP contribution in [-0.4, -0.2) is 32.5 Å².